The molecule has 0 aliphatic carbocycles. The normalized spacial score (nSPS) is 12.2. The molecule has 0 aliphatic heterocycles. The summed E-state index contributed by atoms with van der Waals surface area (Å²) < 4.78 is 4.67. The lowest BCUT2D eigenvalue weighted by atomic mass is 10.1. The van der Waals surface area contributed by atoms with E-state index in [0.717, 1.165) is 17.1 Å². The average molecular weight is 254 g/mol. The Morgan fingerprint density at radius 1 is 1.53 bits per heavy atom. The SMILES string of the molecule is COC(=O)c1cccc(CSCC(C)CO)c1. The molecule has 1 unspecified atom stereocenters. The van der Waals surface area contributed by atoms with Gasteiger partial charge in [-0.05, 0) is 29.4 Å². The quantitative estimate of drug-likeness (QED) is 0.791. The summed E-state index contributed by atoms with van der Waals surface area (Å²) in [6.07, 6.45) is 0. The van der Waals surface area contributed by atoms with Crippen LogP contribution in [-0.2, 0) is 10.5 Å². The van der Waals surface area contributed by atoms with E-state index < -0.39 is 0 Å². The van der Waals surface area contributed by atoms with E-state index in [0.29, 0.717) is 11.5 Å². The molecule has 0 saturated carbocycles. The fourth-order valence-electron chi connectivity index (χ4n) is 1.34. The maximum Gasteiger partial charge on any atom is 0.337 e. The summed E-state index contributed by atoms with van der Waals surface area (Å²) in [6.45, 7) is 2.23. The smallest absolute Gasteiger partial charge is 0.337 e. The second-order valence-corrected chi connectivity index (χ2v) is 5.03. The summed E-state index contributed by atoms with van der Waals surface area (Å²) in [6, 6.07) is 7.44. The molecule has 1 N–H and O–H groups in total. The van der Waals surface area contributed by atoms with Crippen molar-refractivity contribution >= 4 is 17.7 Å². The Morgan fingerprint density at radius 3 is 2.94 bits per heavy atom. The summed E-state index contributed by atoms with van der Waals surface area (Å²) in [5, 5.41) is 8.91. The molecule has 0 radical (unpaired) electrons. The lowest BCUT2D eigenvalue weighted by Crippen LogP contribution is -2.04. The fraction of sp³-hybridized carbons (Fsp3) is 0.462. The first-order valence-electron chi connectivity index (χ1n) is 5.53. The number of rotatable bonds is 6. The van der Waals surface area contributed by atoms with Crippen molar-refractivity contribution < 1.29 is 14.6 Å². The van der Waals surface area contributed by atoms with Gasteiger partial charge in [-0.25, -0.2) is 4.79 Å². The third-order valence-corrected chi connectivity index (χ3v) is 3.67. The maximum absolute atomic E-state index is 11.3. The second-order valence-electron chi connectivity index (χ2n) is 3.99. The Bertz CT molecular complexity index is 365. The van der Waals surface area contributed by atoms with Gasteiger partial charge in [0.25, 0.3) is 0 Å². The van der Waals surface area contributed by atoms with Crippen LogP contribution in [0.1, 0.15) is 22.8 Å². The number of benzene rings is 1. The third-order valence-electron chi connectivity index (χ3n) is 2.33. The van der Waals surface area contributed by atoms with Crippen LogP contribution in [0.5, 0.6) is 0 Å². The van der Waals surface area contributed by atoms with E-state index in [1.165, 1.54) is 7.11 Å². The zero-order chi connectivity index (χ0) is 12.7. The number of ether oxygens (including phenoxy) is 1. The van der Waals surface area contributed by atoms with Crippen molar-refractivity contribution in [2.75, 3.05) is 19.5 Å². The molecule has 1 aromatic rings. The number of aliphatic hydroxyl groups is 1. The van der Waals surface area contributed by atoms with Gasteiger partial charge in [-0.2, -0.15) is 11.8 Å². The Hall–Kier alpha value is -1.00. The molecule has 0 bridgehead atoms. The van der Waals surface area contributed by atoms with Crippen LogP contribution in [0.3, 0.4) is 0 Å². The van der Waals surface area contributed by atoms with Crippen molar-refractivity contribution in [3.05, 3.63) is 35.4 Å². The monoisotopic (exact) mass is 254 g/mol. The summed E-state index contributed by atoms with van der Waals surface area (Å²) in [5.74, 6) is 1.76. The van der Waals surface area contributed by atoms with Crippen LogP contribution < -0.4 is 0 Å². The van der Waals surface area contributed by atoms with Gasteiger partial charge in [0, 0.05) is 12.4 Å². The van der Waals surface area contributed by atoms with Gasteiger partial charge in [0.2, 0.25) is 0 Å². The molecule has 0 aliphatic rings. The molecule has 0 heterocycles. The van der Waals surface area contributed by atoms with Gasteiger partial charge in [-0.1, -0.05) is 19.1 Å². The highest BCUT2D eigenvalue weighted by Gasteiger charge is 2.06. The molecule has 1 rings (SSSR count). The predicted molar refractivity (Wildman–Crippen MR) is 70.2 cm³/mol. The minimum atomic E-state index is -0.305. The summed E-state index contributed by atoms with van der Waals surface area (Å²) in [4.78, 5) is 11.3. The van der Waals surface area contributed by atoms with Crippen molar-refractivity contribution in [3.8, 4) is 0 Å². The lowest BCUT2D eigenvalue weighted by molar-refractivity contribution is 0.0600. The van der Waals surface area contributed by atoms with Crippen LogP contribution in [0.15, 0.2) is 24.3 Å². The fourth-order valence-corrected chi connectivity index (χ4v) is 2.38. The number of esters is 1. The Labute approximate surface area is 106 Å². The molecule has 3 nitrogen and oxygen atoms in total. The largest absolute Gasteiger partial charge is 0.465 e. The number of thioether (sulfide) groups is 1. The van der Waals surface area contributed by atoms with Crippen molar-refractivity contribution in [3.63, 3.8) is 0 Å². The van der Waals surface area contributed by atoms with Gasteiger partial charge in [0.1, 0.15) is 0 Å². The standard InChI is InChI=1S/C13H18O3S/c1-10(7-14)8-17-9-11-4-3-5-12(6-11)13(15)16-2/h3-6,10,14H,7-9H2,1-2H3. The van der Waals surface area contributed by atoms with E-state index in [1.807, 2.05) is 25.1 Å². The molecular formula is C13H18O3S. The molecular weight excluding hydrogens is 236 g/mol. The van der Waals surface area contributed by atoms with E-state index in [2.05, 4.69) is 4.74 Å². The molecule has 17 heavy (non-hydrogen) atoms. The van der Waals surface area contributed by atoms with Crippen molar-refractivity contribution in [2.24, 2.45) is 5.92 Å². The first-order valence-corrected chi connectivity index (χ1v) is 6.68. The molecule has 0 spiro atoms. The number of hydrogen-bond acceptors (Lipinski definition) is 4. The van der Waals surface area contributed by atoms with Gasteiger partial charge in [-0.3, -0.25) is 0 Å². The highest BCUT2D eigenvalue weighted by Crippen LogP contribution is 2.16. The summed E-state index contributed by atoms with van der Waals surface area (Å²) in [5.41, 5.74) is 1.68. The van der Waals surface area contributed by atoms with Crippen LogP contribution in [0.4, 0.5) is 0 Å². The number of hydrogen-bond donors (Lipinski definition) is 1. The van der Waals surface area contributed by atoms with E-state index in [9.17, 15) is 4.79 Å². The molecule has 0 amide bonds. The van der Waals surface area contributed by atoms with Gasteiger partial charge in [-0.15, -0.1) is 0 Å². The number of carbonyl (C=O) groups excluding carboxylic acids is 1. The van der Waals surface area contributed by atoms with Gasteiger partial charge < -0.3 is 9.84 Å². The van der Waals surface area contributed by atoms with Crippen LogP contribution >= 0.6 is 11.8 Å². The van der Waals surface area contributed by atoms with E-state index in [-0.39, 0.29) is 12.6 Å². The highest BCUT2D eigenvalue weighted by molar-refractivity contribution is 7.98. The minimum absolute atomic E-state index is 0.217. The molecule has 1 atom stereocenters. The third kappa shape index (κ3) is 4.79. The Morgan fingerprint density at radius 2 is 2.29 bits per heavy atom. The van der Waals surface area contributed by atoms with Crippen LogP contribution in [-0.4, -0.2) is 30.5 Å². The molecule has 94 valence electrons. The van der Waals surface area contributed by atoms with Crippen molar-refractivity contribution in [1.29, 1.82) is 0 Å². The Balaban J connectivity index is 2.51. The molecule has 1 aromatic carbocycles. The van der Waals surface area contributed by atoms with E-state index >= 15 is 0 Å². The zero-order valence-electron chi connectivity index (χ0n) is 10.2. The minimum Gasteiger partial charge on any atom is -0.465 e. The zero-order valence-corrected chi connectivity index (χ0v) is 11.0. The molecule has 0 saturated heterocycles. The molecule has 0 aromatic heterocycles. The van der Waals surface area contributed by atoms with E-state index in [4.69, 9.17) is 5.11 Å². The first kappa shape index (κ1) is 14.1. The van der Waals surface area contributed by atoms with Gasteiger partial charge in [0.15, 0.2) is 0 Å². The molecule has 4 heteroatoms. The first-order chi connectivity index (χ1) is 8.17. The number of methoxy groups -OCH3 is 1. The van der Waals surface area contributed by atoms with Crippen molar-refractivity contribution in [1.82, 2.24) is 0 Å². The number of aliphatic hydroxyl groups excluding tert-OH is 1. The predicted octanol–water partition coefficient (Wildman–Crippen LogP) is 2.33. The summed E-state index contributed by atoms with van der Waals surface area (Å²) >= 11 is 1.75. The maximum atomic E-state index is 11.3. The number of carbonyl (C=O) groups is 1. The van der Waals surface area contributed by atoms with Crippen LogP contribution in [0.2, 0.25) is 0 Å². The van der Waals surface area contributed by atoms with Crippen LogP contribution in [0, 0.1) is 5.92 Å². The second kappa shape index (κ2) is 7.35. The highest BCUT2D eigenvalue weighted by atomic mass is 32.2. The van der Waals surface area contributed by atoms with Gasteiger partial charge >= 0.3 is 5.97 Å². The lowest BCUT2D eigenvalue weighted by Gasteiger charge is -2.07. The van der Waals surface area contributed by atoms with Crippen molar-refractivity contribution in [2.45, 2.75) is 12.7 Å². The van der Waals surface area contributed by atoms with Crippen LogP contribution in [0.25, 0.3) is 0 Å². The van der Waals surface area contributed by atoms with E-state index in [1.54, 1.807) is 17.8 Å². The van der Waals surface area contributed by atoms with Gasteiger partial charge in [0.05, 0.1) is 12.7 Å². The molecule has 0 fully saturated rings. The summed E-state index contributed by atoms with van der Waals surface area (Å²) in [7, 11) is 1.38. The average Bonchev–Trinajstić information content (AvgIpc) is 2.38. The Kier molecular flexibility index (Phi) is 6.08. The topological polar surface area (TPSA) is 46.5 Å².